The molecule has 1 amide bonds. The Labute approximate surface area is 205 Å². The lowest BCUT2D eigenvalue weighted by Gasteiger charge is -2.26. The van der Waals surface area contributed by atoms with Crippen LogP contribution >= 0.6 is 11.8 Å². The number of nitrogens with one attached hydrogen (secondary N) is 1. The van der Waals surface area contributed by atoms with Crippen molar-refractivity contribution in [1.29, 1.82) is 0 Å². The molecule has 0 aliphatic heterocycles. The lowest BCUT2D eigenvalue weighted by atomic mass is 9.85. The predicted octanol–water partition coefficient (Wildman–Crippen LogP) is 7.11. The summed E-state index contributed by atoms with van der Waals surface area (Å²) in [6.45, 7) is 5.29. The fourth-order valence-electron chi connectivity index (χ4n) is 4.53. The highest BCUT2D eigenvalue weighted by molar-refractivity contribution is 7.99. The summed E-state index contributed by atoms with van der Waals surface area (Å²) in [5.74, 6) is 2.79. The van der Waals surface area contributed by atoms with Crippen LogP contribution in [0.4, 0.5) is 5.69 Å². The highest BCUT2D eigenvalue weighted by Crippen LogP contribution is 2.33. The zero-order valence-electron chi connectivity index (χ0n) is 19.9. The van der Waals surface area contributed by atoms with Crippen LogP contribution in [0.5, 0.6) is 0 Å². The first-order valence-electron chi connectivity index (χ1n) is 12.2. The van der Waals surface area contributed by atoms with Crippen molar-refractivity contribution in [3.8, 4) is 11.4 Å². The Morgan fingerprint density at radius 1 is 1.06 bits per heavy atom. The molecular weight excluding hydrogens is 438 g/mol. The minimum absolute atomic E-state index is 0.00339. The molecule has 1 aromatic heterocycles. The van der Waals surface area contributed by atoms with E-state index in [0.29, 0.717) is 6.42 Å². The molecule has 0 radical (unpaired) electrons. The maximum Gasteiger partial charge on any atom is 0.228 e. The molecule has 1 heterocycles. The van der Waals surface area contributed by atoms with E-state index in [1.54, 1.807) is 0 Å². The summed E-state index contributed by atoms with van der Waals surface area (Å²) in [5, 5.41) is 3.04. The zero-order valence-corrected chi connectivity index (χ0v) is 20.7. The van der Waals surface area contributed by atoms with E-state index < -0.39 is 0 Å². The largest absolute Gasteiger partial charge is 0.326 e. The summed E-state index contributed by atoms with van der Waals surface area (Å²) in [4.78, 5) is 18.8. The Hall–Kier alpha value is -3.05. The molecule has 1 saturated carbocycles. The lowest BCUT2D eigenvalue weighted by Crippen LogP contribution is -2.18. The van der Waals surface area contributed by atoms with Crippen LogP contribution in [0.25, 0.3) is 22.4 Å². The summed E-state index contributed by atoms with van der Waals surface area (Å²) < 4.78 is 2.39. The number of hydrogen-bond donors (Lipinski definition) is 1. The Morgan fingerprint density at radius 2 is 1.82 bits per heavy atom. The highest BCUT2D eigenvalue weighted by Gasteiger charge is 2.21. The van der Waals surface area contributed by atoms with Crippen molar-refractivity contribution in [3.05, 3.63) is 77.9 Å². The number of benzene rings is 3. The maximum atomic E-state index is 12.6. The molecule has 1 aliphatic rings. The van der Waals surface area contributed by atoms with E-state index >= 15 is 0 Å². The van der Waals surface area contributed by atoms with Crippen LogP contribution in [0.2, 0.25) is 0 Å². The van der Waals surface area contributed by atoms with Gasteiger partial charge in [0.15, 0.2) is 0 Å². The fourth-order valence-corrected chi connectivity index (χ4v) is 5.20. The number of aromatic nitrogens is 2. The first kappa shape index (κ1) is 22.7. The number of imidazole rings is 1. The molecule has 1 N–H and O–H groups in total. The van der Waals surface area contributed by atoms with Crippen molar-refractivity contribution >= 4 is 34.4 Å². The van der Waals surface area contributed by atoms with Crippen molar-refractivity contribution in [1.82, 2.24) is 9.55 Å². The Balaban J connectivity index is 1.31. The van der Waals surface area contributed by atoms with Gasteiger partial charge in [-0.3, -0.25) is 4.79 Å². The van der Waals surface area contributed by atoms with Crippen LogP contribution in [0, 0.1) is 12.8 Å². The third-order valence-corrected chi connectivity index (χ3v) is 7.49. The molecule has 4 aromatic rings. The van der Waals surface area contributed by atoms with Gasteiger partial charge < -0.3 is 9.88 Å². The molecule has 0 atom stereocenters. The summed E-state index contributed by atoms with van der Waals surface area (Å²) >= 11 is 1.81. The minimum Gasteiger partial charge on any atom is -0.326 e. The average molecular weight is 470 g/mol. The molecular formula is C29H31N3OS. The van der Waals surface area contributed by atoms with Gasteiger partial charge in [-0.25, -0.2) is 4.98 Å². The molecule has 3 aromatic carbocycles. The van der Waals surface area contributed by atoms with Crippen molar-refractivity contribution in [2.45, 2.75) is 51.0 Å². The number of hydrogen-bond acceptors (Lipinski definition) is 3. The number of aryl methyl sites for hydroxylation is 1. The maximum absolute atomic E-state index is 12.6. The van der Waals surface area contributed by atoms with Crippen LogP contribution in [0.1, 0.15) is 37.3 Å². The molecule has 0 spiro atoms. The van der Waals surface area contributed by atoms with E-state index in [-0.39, 0.29) is 5.91 Å². The number of nitrogens with zero attached hydrogens (tertiary/aromatic N) is 2. The van der Waals surface area contributed by atoms with Crippen molar-refractivity contribution in [2.24, 2.45) is 5.92 Å². The van der Waals surface area contributed by atoms with Crippen LogP contribution in [-0.2, 0) is 17.8 Å². The van der Waals surface area contributed by atoms with Crippen LogP contribution < -0.4 is 5.32 Å². The van der Waals surface area contributed by atoms with Gasteiger partial charge in [0.2, 0.25) is 5.91 Å². The highest BCUT2D eigenvalue weighted by atomic mass is 32.2. The first-order valence-corrected chi connectivity index (χ1v) is 13.2. The van der Waals surface area contributed by atoms with Crippen molar-refractivity contribution in [3.63, 3.8) is 0 Å². The van der Waals surface area contributed by atoms with E-state index in [2.05, 4.69) is 66.2 Å². The molecule has 0 unspecified atom stereocenters. The molecule has 5 heteroatoms. The summed E-state index contributed by atoms with van der Waals surface area (Å²) in [6.07, 6.45) is 4.31. The second-order valence-electron chi connectivity index (χ2n) is 9.21. The number of anilines is 1. The van der Waals surface area contributed by atoms with E-state index in [9.17, 15) is 4.79 Å². The van der Waals surface area contributed by atoms with Crippen molar-refractivity contribution < 1.29 is 4.79 Å². The van der Waals surface area contributed by atoms with E-state index in [1.165, 1.54) is 35.2 Å². The van der Waals surface area contributed by atoms with E-state index in [1.807, 2.05) is 36.0 Å². The Kier molecular flexibility index (Phi) is 6.73. The number of fused-ring (bicyclic) bond motifs is 1. The summed E-state index contributed by atoms with van der Waals surface area (Å²) in [7, 11) is 0. The quantitative estimate of drug-likeness (QED) is 0.280. The van der Waals surface area contributed by atoms with Gasteiger partial charge in [-0.05, 0) is 91.1 Å². The standard InChI is InChI=1S/C29H31N3OS/c1-3-34-25-14-8-21(9-15-25)18-28(33)30-24-12-10-23(11-13-24)29-31-26-16-7-20(2)17-27(26)32(29)19-22-5-4-6-22/h7-17,22H,3-6,18-19H2,1-2H3,(H,30,33). The normalized spacial score (nSPS) is 13.7. The number of carbonyl (C=O) groups is 1. The average Bonchev–Trinajstić information content (AvgIpc) is 3.15. The summed E-state index contributed by atoms with van der Waals surface area (Å²) in [6, 6.07) is 22.8. The number of carbonyl (C=O) groups excluding carboxylic acids is 1. The number of amides is 1. The fraction of sp³-hybridized carbons (Fsp3) is 0.310. The SMILES string of the molecule is CCSc1ccc(CC(=O)Nc2ccc(-c3nc4ccc(C)cc4n3CC3CCC3)cc2)cc1. The lowest BCUT2D eigenvalue weighted by molar-refractivity contribution is -0.115. The van der Waals surface area contributed by atoms with Gasteiger partial charge >= 0.3 is 0 Å². The predicted molar refractivity (Wildman–Crippen MR) is 142 cm³/mol. The second kappa shape index (κ2) is 10.1. The molecule has 1 fully saturated rings. The van der Waals surface area contributed by atoms with Gasteiger partial charge in [0.25, 0.3) is 0 Å². The topological polar surface area (TPSA) is 46.9 Å². The first-order chi connectivity index (χ1) is 16.6. The number of thioether (sulfide) groups is 1. The van der Waals surface area contributed by atoms with Gasteiger partial charge in [-0.15, -0.1) is 11.8 Å². The summed E-state index contributed by atoms with van der Waals surface area (Å²) in [5.41, 5.74) is 6.42. The van der Waals surface area contributed by atoms with Gasteiger partial charge in [0.1, 0.15) is 5.82 Å². The van der Waals surface area contributed by atoms with E-state index in [4.69, 9.17) is 4.98 Å². The van der Waals surface area contributed by atoms with Crippen LogP contribution in [0.15, 0.2) is 71.6 Å². The zero-order chi connectivity index (χ0) is 23.5. The van der Waals surface area contributed by atoms with Crippen molar-refractivity contribution in [2.75, 3.05) is 11.1 Å². The van der Waals surface area contributed by atoms with Crippen LogP contribution in [0.3, 0.4) is 0 Å². The molecule has 174 valence electrons. The minimum atomic E-state index is -0.00339. The molecule has 1 aliphatic carbocycles. The molecule has 0 saturated heterocycles. The third-order valence-electron chi connectivity index (χ3n) is 6.60. The monoisotopic (exact) mass is 469 g/mol. The van der Waals surface area contributed by atoms with Gasteiger partial charge in [0.05, 0.1) is 17.5 Å². The third kappa shape index (κ3) is 5.05. The molecule has 4 nitrogen and oxygen atoms in total. The van der Waals surface area contributed by atoms with Gasteiger partial charge in [0, 0.05) is 22.7 Å². The smallest absolute Gasteiger partial charge is 0.228 e. The van der Waals surface area contributed by atoms with E-state index in [0.717, 1.165) is 46.4 Å². The Morgan fingerprint density at radius 3 is 2.50 bits per heavy atom. The van der Waals surface area contributed by atoms with Gasteiger partial charge in [-0.2, -0.15) is 0 Å². The molecule has 5 rings (SSSR count). The van der Waals surface area contributed by atoms with Gasteiger partial charge in [-0.1, -0.05) is 31.5 Å². The number of rotatable bonds is 8. The second-order valence-corrected chi connectivity index (χ2v) is 10.6. The van der Waals surface area contributed by atoms with Crippen LogP contribution in [-0.4, -0.2) is 21.2 Å². The Bertz CT molecular complexity index is 1290. The molecule has 0 bridgehead atoms. The molecule has 34 heavy (non-hydrogen) atoms.